The number of alkyl halides is 3. The smallest absolute Gasteiger partial charge is 0.371 e. The number of ether oxygens (including phenoxy) is 1. The van der Waals surface area contributed by atoms with Crippen molar-refractivity contribution in [1.29, 1.82) is 0 Å². The molecule has 1 N–H and O–H groups in total. The van der Waals surface area contributed by atoms with Gasteiger partial charge in [0.1, 0.15) is 12.4 Å². The number of hydrogen-bond acceptors (Lipinski definition) is 6. The number of aromatic nitrogens is 4. The summed E-state index contributed by atoms with van der Waals surface area (Å²) in [4.78, 5) is 29.6. The standard InChI is InChI=1S/C27H24F3N7O2/c28-27(29,30)20-4-2-1-3-19(20)23-14-39-15-24-34-21-6-5-16(9-22(21)37(23)24)17-10-31-25(32-11-17)35-7-8-36-18(13-35)12-33-26(36)38/h1-6,9-11,18,23H,7-8,12-15H2,(H,33,38). The molecule has 9 nitrogen and oxygen atoms in total. The predicted octanol–water partition coefficient (Wildman–Crippen LogP) is 3.85. The zero-order valence-electron chi connectivity index (χ0n) is 20.7. The van der Waals surface area contributed by atoms with Gasteiger partial charge in [-0.1, -0.05) is 24.3 Å². The monoisotopic (exact) mass is 535 g/mol. The number of carbonyl (C=O) groups excluding carboxylic acids is 1. The van der Waals surface area contributed by atoms with E-state index in [-0.39, 0.29) is 30.9 Å². The molecule has 0 bridgehead atoms. The van der Waals surface area contributed by atoms with Crippen LogP contribution in [0.3, 0.4) is 0 Å². The van der Waals surface area contributed by atoms with Gasteiger partial charge < -0.3 is 24.4 Å². The highest BCUT2D eigenvalue weighted by molar-refractivity contribution is 5.83. The van der Waals surface area contributed by atoms with Crippen LogP contribution in [0.5, 0.6) is 0 Å². The number of piperazine rings is 1. The minimum Gasteiger partial charge on any atom is -0.371 e. The van der Waals surface area contributed by atoms with Crippen molar-refractivity contribution < 1.29 is 22.7 Å². The van der Waals surface area contributed by atoms with Crippen LogP contribution in [0.4, 0.5) is 23.9 Å². The number of halogens is 3. The maximum absolute atomic E-state index is 13.8. The molecule has 12 heteroatoms. The number of hydrogen-bond donors (Lipinski definition) is 1. The van der Waals surface area contributed by atoms with Crippen LogP contribution in [0.25, 0.3) is 22.2 Å². The highest BCUT2D eigenvalue weighted by Crippen LogP contribution is 2.39. The lowest BCUT2D eigenvalue weighted by molar-refractivity contribution is -0.138. The highest BCUT2D eigenvalue weighted by Gasteiger charge is 2.38. The number of amides is 2. The minimum absolute atomic E-state index is 0.0240. The third-order valence-electron chi connectivity index (χ3n) is 7.69. The Labute approximate surface area is 221 Å². The zero-order chi connectivity index (χ0) is 26.7. The number of imidazole rings is 1. The van der Waals surface area contributed by atoms with Gasteiger partial charge in [0, 0.05) is 44.1 Å². The van der Waals surface area contributed by atoms with Gasteiger partial charge in [0.25, 0.3) is 0 Å². The SMILES string of the molecule is O=C1NCC2CN(c3ncc(-c4ccc5nc6n(c5c4)C(c4ccccc4C(F)(F)F)COC6)cn3)CCN12. The molecule has 5 heterocycles. The van der Waals surface area contributed by atoms with E-state index in [1.54, 1.807) is 18.5 Å². The number of urea groups is 1. The van der Waals surface area contributed by atoms with Crippen LogP contribution in [0.1, 0.15) is 23.0 Å². The Kier molecular flexibility index (Phi) is 5.48. The fourth-order valence-electron chi connectivity index (χ4n) is 5.80. The first kappa shape index (κ1) is 23.9. The summed E-state index contributed by atoms with van der Waals surface area (Å²) in [7, 11) is 0. The van der Waals surface area contributed by atoms with E-state index in [1.165, 1.54) is 12.1 Å². The Bertz CT molecular complexity index is 1570. The van der Waals surface area contributed by atoms with Crippen molar-refractivity contribution >= 4 is 23.0 Å². The van der Waals surface area contributed by atoms with Crippen molar-refractivity contribution in [2.24, 2.45) is 0 Å². The molecule has 3 aliphatic heterocycles. The van der Waals surface area contributed by atoms with Gasteiger partial charge in [-0.3, -0.25) is 0 Å². The average Bonchev–Trinajstić information content (AvgIpc) is 3.52. The lowest BCUT2D eigenvalue weighted by Crippen LogP contribution is -2.52. The molecule has 2 aromatic carbocycles. The normalized spacial score (nSPS) is 21.2. The van der Waals surface area contributed by atoms with E-state index in [1.807, 2.05) is 27.7 Å². The predicted molar refractivity (Wildman–Crippen MR) is 136 cm³/mol. The molecule has 0 spiro atoms. The number of carbonyl (C=O) groups is 1. The van der Waals surface area contributed by atoms with Gasteiger partial charge in [-0.25, -0.2) is 19.7 Å². The van der Waals surface area contributed by atoms with Crippen LogP contribution in [-0.2, 0) is 17.5 Å². The van der Waals surface area contributed by atoms with Gasteiger partial charge in [-0.05, 0) is 29.3 Å². The molecule has 3 aliphatic rings. The Morgan fingerprint density at radius 2 is 1.85 bits per heavy atom. The molecule has 2 amide bonds. The van der Waals surface area contributed by atoms with E-state index in [2.05, 4.69) is 25.2 Å². The van der Waals surface area contributed by atoms with Gasteiger partial charge in [-0.15, -0.1) is 0 Å². The lowest BCUT2D eigenvalue weighted by atomic mass is 9.99. The molecule has 200 valence electrons. The molecule has 4 aromatic rings. The Balaban J connectivity index is 1.21. The molecule has 2 fully saturated rings. The van der Waals surface area contributed by atoms with E-state index in [4.69, 9.17) is 4.74 Å². The van der Waals surface area contributed by atoms with Crippen LogP contribution >= 0.6 is 0 Å². The maximum atomic E-state index is 13.8. The van der Waals surface area contributed by atoms with Gasteiger partial charge in [-0.2, -0.15) is 13.2 Å². The fraction of sp³-hybridized carbons (Fsp3) is 0.333. The number of rotatable bonds is 3. The largest absolute Gasteiger partial charge is 0.416 e. The number of benzene rings is 2. The second-order valence-electron chi connectivity index (χ2n) is 9.97. The summed E-state index contributed by atoms with van der Waals surface area (Å²) in [5.41, 5.74) is 2.51. The van der Waals surface area contributed by atoms with Crippen LogP contribution < -0.4 is 10.2 Å². The first-order valence-corrected chi connectivity index (χ1v) is 12.7. The van der Waals surface area contributed by atoms with E-state index in [0.29, 0.717) is 43.5 Å². The molecule has 0 saturated carbocycles. The Hall–Kier alpha value is -4.19. The highest BCUT2D eigenvalue weighted by atomic mass is 19.4. The quantitative estimate of drug-likeness (QED) is 0.429. The number of nitrogens with one attached hydrogen (secondary N) is 1. The fourth-order valence-corrected chi connectivity index (χ4v) is 5.80. The van der Waals surface area contributed by atoms with E-state index >= 15 is 0 Å². The molecular formula is C27H24F3N7O2. The summed E-state index contributed by atoms with van der Waals surface area (Å²) < 4.78 is 49.1. The maximum Gasteiger partial charge on any atom is 0.416 e. The van der Waals surface area contributed by atoms with Crippen molar-refractivity contribution in [2.45, 2.75) is 24.9 Å². The van der Waals surface area contributed by atoms with E-state index in [0.717, 1.165) is 22.7 Å². The Morgan fingerprint density at radius 1 is 1.03 bits per heavy atom. The minimum atomic E-state index is -4.48. The summed E-state index contributed by atoms with van der Waals surface area (Å²) in [5.74, 6) is 1.18. The molecule has 2 unspecified atom stereocenters. The van der Waals surface area contributed by atoms with Crippen molar-refractivity contribution in [2.75, 3.05) is 37.7 Å². The van der Waals surface area contributed by atoms with Crippen LogP contribution in [0.2, 0.25) is 0 Å². The molecule has 0 aliphatic carbocycles. The van der Waals surface area contributed by atoms with Gasteiger partial charge in [0.15, 0.2) is 0 Å². The molecule has 0 radical (unpaired) electrons. The number of fused-ring (bicyclic) bond motifs is 4. The average molecular weight is 536 g/mol. The molecule has 7 rings (SSSR count). The van der Waals surface area contributed by atoms with Crippen LogP contribution in [0.15, 0.2) is 54.9 Å². The van der Waals surface area contributed by atoms with E-state index < -0.39 is 17.8 Å². The molecule has 39 heavy (non-hydrogen) atoms. The van der Waals surface area contributed by atoms with Crippen LogP contribution in [-0.4, -0.2) is 69.3 Å². The molecular weight excluding hydrogens is 511 g/mol. The van der Waals surface area contributed by atoms with Gasteiger partial charge in [0.05, 0.1) is 35.3 Å². The number of nitrogens with zero attached hydrogens (tertiary/aromatic N) is 6. The van der Waals surface area contributed by atoms with Crippen molar-refractivity contribution in [3.8, 4) is 11.1 Å². The topological polar surface area (TPSA) is 88.4 Å². The van der Waals surface area contributed by atoms with Crippen molar-refractivity contribution in [3.63, 3.8) is 0 Å². The summed E-state index contributed by atoms with van der Waals surface area (Å²) >= 11 is 0. The van der Waals surface area contributed by atoms with E-state index in [9.17, 15) is 18.0 Å². The third-order valence-corrected chi connectivity index (χ3v) is 7.69. The van der Waals surface area contributed by atoms with Gasteiger partial charge >= 0.3 is 12.2 Å². The van der Waals surface area contributed by atoms with Crippen molar-refractivity contribution in [3.05, 3.63) is 71.8 Å². The summed E-state index contributed by atoms with van der Waals surface area (Å²) in [6, 6.07) is 10.7. The Morgan fingerprint density at radius 3 is 2.67 bits per heavy atom. The second-order valence-corrected chi connectivity index (χ2v) is 9.97. The lowest BCUT2D eigenvalue weighted by Gasteiger charge is -2.36. The molecule has 2 saturated heterocycles. The molecule has 2 atom stereocenters. The van der Waals surface area contributed by atoms with Gasteiger partial charge in [0.2, 0.25) is 5.95 Å². The summed E-state index contributed by atoms with van der Waals surface area (Å²) in [6.07, 6.45) is -0.979. The number of anilines is 1. The van der Waals surface area contributed by atoms with Crippen molar-refractivity contribution in [1.82, 2.24) is 29.7 Å². The summed E-state index contributed by atoms with van der Waals surface area (Å²) in [6.45, 7) is 2.88. The van der Waals surface area contributed by atoms with Crippen LogP contribution in [0, 0.1) is 0 Å². The first-order chi connectivity index (χ1) is 18.9. The zero-order valence-corrected chi connectivity index (χ0v) is 20.7. The second kappa shape index (κ2) is 8.94. The first-order valence-electron chi connectivity index (χ1n) is 12.7. The summed E-state index contributed by atoms with van der Waals surface area (Å²) in [5, 5.41) is 2.87. The molecule has 2 aromatic heterocycles. The third kappa shape index (κ3) is 4.06.